The van der Waals surface area contributed by atoms with Gasteiger partial charge in [-0.3, -0.25) is 9.59 Å². The van der Waals surface area contributed by atoms with Gasteiger partial charge >= 0.3 is 5.97 Å². The number of hydrogen-bond donors (Lipinski definition) is 2. The summed E-state index contributed by atoms with van der Waals surface area (Å²) in [4.78, 5) is 24.8. The van der Waals surface area contributed by atoms with E-state index in [9.17, 15) is 9.59 Å². The molecule has 0 aliphatic heterocycles. The summed E-state index contributed by atoms with van der Waals surface area (Å²) in [5, 5.41) is 19.0. The topological polar surface area (TPSA) is 97.1 Å². The first kappa shape index (κ1) is 17.1. The van der Waals surface area contributed by atoms with Gasteiger partial charge in [0.25, 0.3) is 5.91 Å². The highest BCUT2D eigenvalue weighted by Crippen LogP contribution is 2.24. The molecule has 8 heteroatoms. The van der Waals surface area contributed by atoms with Crippen molar-refractivity contribution in [2.75, 3.05) is 0 Å². The number of carboxylic acid groups (broad SMARTS) is 1. The fourth-order valence-corrected chi connectivity index (χ4v) is 3.48. The molecular weight excluding hydrogens is 316 g/mol. The lowest BCUT2D eigenvalue weighted by atomic mass is 10.1. The molecule has 0 aliphatic carbocycles. The number of carboxylic acids is 1. The van der Waals surface area contributed by atoms with E-state index in [1.54, 1.807) is 0 Å². The molecule has 1 amide bonds. The Kier molecular flexibility index (Phi) is 5.86. The zero-order valence-corrected chi connectivity index (χ0v) is 14.0. The van der Waals surface area contributed by atoms with Crippen molar-refractivity contribution in [2.24, 2.45) is 0 Å². The van der Waals surface area contributed by atoms with Crippen LogP contribution < -0.4 is 5.32 Å². The van der Waals surface area contributed by atoms with Gasteiger partial charge in [-0.2, -0.15) is 0 Å². The Morgan fingerprint density at radius 2 is 2.17 bits per heavy atom. The lowest BCUT2D eigenvalue weighted by Crippen LogP contribution is -2.22. The lowest BCUT2D eigenvalue weighted by Gasteiger charge is -1.99. The maximum Gasteiger partial charge on any atom is 0.325 e. The van der Waals surface area contributed by atoms with Crippen LogP contribution in [0.2, 0.25) is 0 Å². The van der Waals surface area contributed by atoms with Crippen molar-refractivity contribution in [1.82, 2.24) is 20.3 Å². The van der Waals surface area contributed by atoms with Crippen LogP contribution >= 0.6 is 11.3 Å². The summed E-state index contributed by atoms with van der Waals surface area (Å²) in [6.45, 7) is 4.19. The maximum absolute atomic E-state index is 12.2. The third-order valence-electron chi connectivity index (χ3n) is 3.29. The minimum Gasteiger partial charge on any atom is -0.480 e. The average Bonchev–Trinajstić information content (AvgIpc) is 3.11. The Bertz CT molecular complexity index is 693. The first-order valence-electron chi connectivity index (χ1n) is 7.54. The first-order valence-corrected chi connectivity index (χ1v) is 8.35. The first-order chi connectivity index (χ1) is 11.0. The summed E-state index contributed by atoms with van der Waals surface area (Å²) in [5.41, 5.74) is 1.76. The number of aryl methyl sites for hydroxylation is 2. The number of rotatable bonds is 8. The Balaban J connectivity index is 1.96. The van der Waals surface area contributed by atoms with E-state index in [0.717, 1.165) is 19.3 Å². The van der Waals surface area contributed by atoms with E-state index in [4.69, 9.17) is 5.11 Å². The molecule has 0 unspecified atom stereocenters. The van der Waals surface area contributed by atoms with Crippen LogP contribution in [0.5, 0.6) is 0 Å². The quantitative estimate of drug-likeness (QED) is 0.767. The number of aromatic nitrogens is 3. The second-order valence-electron chi connectivity index (χ2n) is 5.15. The summed E-state index contributed by atoms with van der Waals surface area (Å²) in [6.07, 6.45) is 4.48. The molecule has 0 fully saturated rings. The normalized spacial score (nSPS) is 10.7. The smallest absolute Gasteiger partial charge is 0.325 e. The largest absolute Gasteiger partial charge is 0.480 e. The van der Waals surface area contributed by atoms with E-state index < -0.39 is 5.97 Å². The Morgan fingerprint density at radius 1 is 1.39 bits per heavy atom. The molecular formula is C15H20N4O3S. The van der Waals surface area contributed by atoms with Gasteiger partial charge in [0.15, 0.2) is 0 Å². The number of carbonyl (C=O) groups excluding carboxylic acids is 1. The van der Waals surface area contributed by atoms with Gasteiger partial charge in [-0.1, -0.05) is 25.5 Å². The van der Waals surface area contributed by atoms with Gasteiger partial charge in [-0.15, -0.1) is 16.4 Å². The Hall–Kier alpha value is -2.22. The number of aliphatic carboxylic acids is 1. The van der Waals surface area contributed by atoms with Crippen molar-refractivity contribution in [2.45, 2.75) is 46.2 Å². The predicted molar refractivity (Wildman–Crippen MR) is 86.5 cm³/mol. The molecule has 2 aromatic heterocycles. The van der Waals surface area contributed by atoms with E-state index in [-0.39, 0.29) is 19.0 Å². The highest BCUT2D eigenvalue weighted by atomic mass is 32.1. The molecule has 2 heterocycles. The summed E-state index contributed by atoms with van der Waals surface area (Å²) < 4.78 is 1.23. The third-order valence-corrected chi connectivity index (χ3v) is 4.53. The van der Waals surface area contributed by atoms with Gasteiger partial charge in [0.2, 0.25) is 0 Å². The molecule has 0 aromatic carbocycles. The Morgan fingerprint density at radius 3 is 2.83 bits per heavy atom. The van der Waals surface area contributed by atoms with E-state index in [1.165, 1.54) is 32.7 Å². The number of hydrogen-bond acceptors (Lipinski definition) is 5. The molecule has 0 saturated carbocycles. The summed E-state index contributed by atoms with van der Waals surface area (Å²) in [5.74, 6) is -1.13. The van der Waals surface area contributed by atoms with Crippen molar-refractivity contribution in [3.05, 3.63) is 33.3 Å². The number of nitrogens with one attached hydrogen (secondary N) is 1. The van der Waals surface area contributed by atoms with Crippen molar-refractivity contribution < 1.29 is 14.7 Å². The van der Waals surface area contributed by atoms with Crippen LogP contribution in [0.3, 0.4) is 0 Å². The molecule has 7 nitrogen and oxygen atoms in total. The van der Waals surface area contributed by atoms with Gasteiger partial charge in [0, 0.05) is 4.88 Å². The minimum absolute atomic E-state index is 0.139. The van der Waals surface area contributed by atoms with Gasteiger partial charge in [0.1, 0.15) is 12.2 Å². The second kappa shape index (κ2) is 7.87. The van der Waals surface area contributed by atoms with E-state index in [0.29, 0.717) is 10.6 Å². The molecule has 124 valence electrons. The second-order valence-corrected chi connectivity index (χ2v) is 6.28. The molecule has 2 rings (SSSR count). The third kappa shape index (κ3) is 4.62. The molecule has 0 saturated heterocycles. The van der Waals surface area contributed by atoms with Gasteiger partial charge in [-0.25, -0.2) is 4.68 Å². The number of carbonyl (C=O) groups is 2. The van der Waals surface area contributed by atoms with Crippen LogP contribution in [0.15, 0.2) is 12.3 Å². The molecule has 0 radical (unpaired) electrons. The standard InChI is InChI=1S/C15H20N4O3S/c1-3-5-12-10(4-2)6-13(23-12)15(22)16-7-11-8-19(18-17-11)9-14(20)21/h6,8H,3-5,7,9H2,1-2H3,(H,16,22)(H,20,21). The lowest BCUT2D eigenvalue weighted by molar-refractivity contribution is -0.137. The SMILES string of the molecule is CCCc1sc(C(=O)NCc2cn(CC(=O)O)nn2)cc1CC. The minimum atomic E-state index is -0.986. The zero-order valence-electron chi connectivity index (χ0n) is 13.2. The van der Waals surface area contributed by atoms with Crippen LogP contribution in [0.4, 0.5) is 0 Å². The number of thiophene rings is 1. The fraction of sp³-hybridized carbons (Fsp3) is 0.467. The monoisotopic (exact) mass is 336 g/mol. The predicted octanol–water partition coefficient (Wildman–Crippen LogP) is 1.87. The fourth-order valence-electron chi connectivity index (χ4n) is 2.21. The van der Waals surface area contributed by atoms with Gasteiger partial charge in [-0.05, 0) is 24.5 Å². The molecule has 2 N–H and O–H groups in total. The molecule has 0 atom stereocenters. The average molecular weight is 336 g/mol. The van der Waals surface area contributed by atoms with Crippen molar-refractivity contribution in [3.8, 4) is 0 Å². The molecule has 0 spiro atoms. The highest BCUT2D eigenvalue weighted by Gasteiger charge is 2.14. The van der Waals surface area contributed by atoms with Crippen LogP contribution in [-0.2, 0) is 30.7 Å². The van der Waals surface area contributed by atoms with Gasteiger partial charge < -0.3 is 10.4 Å². The number of nitrogens with zero attached hydrogens (tertiary/aromatic N) is 3. The summed E-state index contributed by atoms with van der Waals surface area (Å²) in [7, 11) is 0. The van der Waals surface area contributed by atoms with Crippen molar-refractivity contribution >= 4 is 23.2 Å². The molecule has 2 aromatic rings. The van der Waals surface area contributed by atoms with E-state index >= 15 is 0 Å². The Labute approximate surface area is 138 Å². The van der Waals surface area contributed by atoms with Crippen LogP contribution in [0.25, 0.3) is 0 Å². The number of amides is 1. The molecule has 23 heavy (non-hydrogen) atoms. The van der Waals surface area contributed by atoms with E-state index in [2.05, 4.69) is 29.5 Å². The van der Waals surface area contributed by atoms with Crippen LogP contribution in [-0.4, -0.2) is 32.0 Å². The maximum atomic E-state index is 12.2. The van der Waals surface area contributed by atoms with Crippen molar-refractivity contribution in [1.29, 1.82) is 0 Å². The molecule has 0 bridgehead atoms. The summed E-state index contributed by atoms with van der Waals surface area (Å²) in [6, 6.07) is 1.95. The van der Waals surface area contributed by atoms with Crippen molar-refractivity contribution in [3.63, 3.8) is 0 Å². The molecule has 0 aliphatic rings. The highest BCUT2D eigenvalue weighted by molar-refractivity contribution is 7.14. The van der Waals surface area contributed by atoms with Crippen LogP contribution in [0, 0.1) is 0 Å². The zero-order chi connectivity index (χ0) is 16.8. The van der Waals surface area contributed by atoms with E-state index in [1.807, 2.05) is 6.07 Å². The van der Waals surface area contributed by atoms with Gasteiger partial charge in [0.05, 0.1) is 17.6 Å². The summed E-state index contributed by atoms with van der Waals surface area (Å²) >= 11 is 1.53. The van der Waals surface area contributed by atoms with Crippen LogP contribution in [0.1, 0.15) is 46.1 Å².